The minimum absolute atomic E-state index is 0.0556. The lowest BCUT2D eigenvalue weighted by Gasteiger charge is -2.27. The number of ketones is 1. The second kappa shape index (κ2) is 5.94. The fourth-order valence-corrected chi connectivity index (χ4v) is 2.25. The zero-order chi connectivity index (χ0) is 12.1. The highest BCUT2D eigenvalue weighted by Gasteiger charge is 2.24. The van der Waals surface area contributed by atoms with Gasteiger partial charge in [0.25, 0.3) is 0 Å². The molecule has 2 rings (SSSR count). The van der Waals surface area contributed by atoms with Gasteiger partial charge in [0.1, 0.15) is 5.78 Å². The predicted octanol–water partition coefficient (Wildman–Crippen LogP) is 1.30. The molecule has 92 valence electrons. The summed E-state index contributed by atoms with van der Waals surface area (Å²) in [5, 5.41) is 13.3. The van der Waals surface area contributed by atoms with Gasteiger partial charge in [-0.1, -0.05) is 30.3 Å². The number of rotatable bonds is 4. The molecule has 2 atom stereocenters. The van der Waals surface area contributed by atoms with E-state index >= 15 is 0 Å². The minimum atomic E-state index is -0.431. The smallest absolute Gasteiger partial charge is 0.135 e. The van der Waals surface area contributed by atoms with Crippen LogP contribution in [0.5, 0.6) is 0 Å². The van der Waals surface area contributed by atoms with Crippen molar-refractivity contribution in [1.29, 1.82) is 0 Å². The molecule has 3 nitrogen and oxygen atoms in total. The van der Waals surface area contributed by atoms with Gasteiger partial charge in [0.15, 0.2) is 0 Å². The zero-order valence-electron chi connectivity index (χ0n) is 9.93. The highest BCUT2D eigenvalue weighted by atomic mass is 16.3. The molecule has 1 heterocycles. The Morgan fingerprint density at radius 1 is 1.35 bits per heavy atom. The summed E-state index contributed by atoms with van der Waals surface area (Å²) >= 11 is 0. The third-order valence-electron chi connectivity index (χ3n) is 3.29. The Balaban J connectivity index is 1.80. The van der Waals surface area contributed by atoms with E-state index in [2.05, 4.69) is 17.4 Å². The number of hydrogen-bond acceptors (Lipinski definition) is 3. The Morgan fingerprint density at radius 3 is 2.82 bits per heavy atom. The standard InChI is InChI=1S/C14H19NO2/c16-12-8-9-15-13(10-12)14(17)7-6-11-4-2-1-3-5-11/h1-5,13-15,17H,6-10H2. The van der Waals surface area contributed by atoms with Gasteiger partial charge in [-0.2, -0.15) is 0 Å². The van der Waals surface area contributed by atoms with Crippen LogP contribution in [0.1, 0.15) is 24.8 Å². The first-order valence-electron chi connectivity index (χ1n) is 6.23. The van der Waals surface area contributed by atoms with E-state index < -0.39 is 6.10 Å². The zero-order valence-corrected chi connectivity index (χ0v) is 9.93. The molecule has 1 saturated heterocycles. The molecule has 0 bridgehead atoms. The summed E-state index contributed by atoms with van der Waals surface area (Å²) in [6, 6.07) is 10.1. The maximum atomic E-state index is 11.3. The number of benzene rings is 1. The van der Waals surface area contributed by atoms with E-state index in [-0.39, 0.29) is 11.8 Å². The first-order valence-corrected chi connectivity index (χ1v) is 6.23. The Labute approximate surface area is 102 Å². The molecule has 1 fully saturated rings. The molecule has 0 amide bonds. The highest BCUT2D eigenvalue weighted by molar-refractivity contribution is 5.80. The normalized spacial score (nSPS) is 22.4. The molecule has 2 unspecified atom stereocenters. The van der Waals surface area contributed by atoms with Gasteiger partial charge >= 0.3 is 0 Å². The van der Waals surface area contributed by atoms with Crippen molar-refractivity contribution in [3.8, 4) is 0 Å². The average Bonchev–Trinajstić information content (AvgIpc) is 2.37. The molecule has 0 aromatic heterocycles. The van der Waals surface area contributed by atoms with Crippen LogP contribution in [0.25, 0.3) is 0 Å². The van der Waals surface area contributed by atoms with Crippen LogP contribution in [0.3, 0.4) is 0 Å². The molecule has 1 aromatic rings. The van der Waals surface area contributed by atoms with Crippen molar-refractivity contribution in [3.05, 3.63) is 35.9 Å². The van der Waals surface area contributed by atoms with Crippen LogP contribution in [0, 0.1) is 0 Å². The maximum Gasteiger partial charge on any atom is 0.135 e. The Morgan fingerprint density at radius 2 is 2.12 bits per heavy atom. The van der Waals surface area contributed by atoms with Crippen molar-refractivity contribution in [2.75, 3.05) is 6.54 Å². The van der Waals surface area contributed by atoms with E-state index in [4.69, 9.17) is 0 Å². The van der Waals surface area contributed by atoms with Crippen LogP contribution < -0.4 is 5.32 Å². The van der Waals surface area contributed by atoms with Crippen LogP contribution in [-0.4, -0.2) is 29.6 Å². The lowest BCUT2D eigenvalue weighted by Crippen LogP contribution is -2.46. The number of Topliss-reactive ketones (excluding diaryl/α,β-unsaturated/α-hetero) is 1. The largest absolute Gasteiger partial charge is 0.391 e. The van der Waals surface area contributed by atoms with Crippen LogP contribution in [-0.2, 0) is 11.2 Å². The average molecular weight is 233 g/mol. The van der Waals surface area contributed by atoms with Crippen molar-refractivity contribution < 1.29 is 9.90 Å². The number of aliphatic hydroxyl groups is 1. The van der Waals surface area contributed by atoms with E-state index in [0.29, 0.717) is 25.8 Å². The third-order valence-corrected chi connectivity index (χ3v) is 3.29. The second-order valence-electron chi connectivity index (χ2n) is 4.65. The fraction of sp³-hybridized carbons (Fsp3) is 0.500. The van der Waals surface area contributed by atoms with Crippen LogP contribution in [0.4, 0.5) is 0 Å². The van der Waals surface area contributed by atoms with E-state index in [1.54, 1.807) is 0 Å². The van der Waals surface area contributed by atoms with Gasteiger partial charge < -0.3 is 10.4 Å². The van der Waals surface area contributed by atoms with E-state index in [1.165, 1.54) is 5.56 Å². The summed E-state index contributed by atoms with van der Waals surface area (Å²) in [5.74, 6) is 0.257. The highest BCUT2D eigenvalue weighted by Crippen LogP contribution is 2.13. The fourth-order valence-electron chi connectivity index (χ4n) is 2.25. The van der Waals surface area contributed by atoms with Crippen molar-refractivity contribution >= 4 is 5.78 Å². The van der Waals surface area contributed by atoms with Crippen molar-refractivity contribution in [2.24, 2.45) is 0 Å². The molecule has 0 spiro atoms. The SMILES string of the molecule is O=C1CCNC(C(O)CCc2ccccc2)C1. The molecule has 0 radical (unpaired) electrons. The number of carbonyl (C=O) groups excluding carboxylic acids is 1. The Kier molecular flexibility index (Phi) is 4.29. The monoisotopic (exact) mass is 233 g/mol. The first kappa shape index (κ1) is 12.3. The number of nitrogens with one attached hydrogen (secondary N) is 1. The maximum absolute atomic E-state index is 11.3. The van der Waals surface area contributed by atoms with Gasteiger partial charge in [-0.25, -0.2) is 0 Å². The van der Waals surface area contributed by atoms with Gasteiger partial charge in [0.05, 0.1) is 6.10 Å². The Hall–Kier alpha value is -1.19. The minimum Gasteiger partial charge on any atom is -0.391 e. The summed E-state index contributed by atoms with van der Waals surface area (Å²) in [6.45, 7) is 0.700. The molecule has 0 saturated carbocycles. The summed E-state index contributed by atoms with van der Waals surface area (Å²) in [7, 11) is 0. The van der Waals surface area contributed by atoms with E-state index in [1.807, 2.05) is 18.2 Å². The second-order valence-corrected chi connectivity index (χ2v) is 4.65. The summed E-state index contributed by atoms with van der Waals surface area (Å²) in [6.07, 6.45) is 2.20. The van der Waals surface area contributed by atoms with Crippen LogP contribution in [0.2, 0.25) is 0 Å². The lowest BCUT2D eigenvalue weighted by atomic mass is 9.95. The lowest BCUT2D eigenvalue weighted by molar-refractivity contribution is -0.121. The number of piperidine rings is 1. The Bertz CT molecular complexity index is 364. The van der Waals surface area contributed by atoms with Gasteiger partial charge in [0.2, 0.25) is 0 Å². The topological polar surface area (TPSA) is 49.3 Å². The first-order chi connectivity index (χ1) is 8.25. The van der Waals surface area contributed by atoms with Gasteiger partial charge in [-0.3, -0.25) is 4.79 Å². The van der Waals surface area contributed by atoms with E-state index in [0.717, 1.165) is 6.42 Å². The van der Waals surface area contributed by atoms with Gasteiger partial charge in [-0.15, -0.1) is 0 Å². The van der Waals surface area contributed by atoms with Crippen molar-refractivity contribution in [2.45, 2.75) is 37.8 Å². The van der Waals surface area contributed by atoms with E-state index in [9.17, 15) is 9.90 Å². The van der Waals surface area contributed by atoms with Crippen LogP contribution in [0.15, 0.2) is 30.3 Å². The third kappa shape index (κ3) is 3.65. The van der Waals surface area contributed by atoms with Crippen LogP contribution >= 0.6 is 0 Å². The number of aliphatic hydroxyl groups excluding tert-OH is 1. The molecule has 17 heavy (non-hydrogen) atoms. The molecular formula is C14H19NO2. The molecular weight excluding hydrogens is 214 g/mol. The molecule has 1 aliphatic rings. The van der Waals surface area contributed by atoms with Gasteiger partial charge in [0, 0.05) is 25.4 Å². The van der Waals surface area contributed by atoms with Crippen molar-refractivity contribution in [3.63, 3.8) is 0 Å². The van der Waals surface area contributed by atoms with Gasteiger partial charge in [-0.05, 0) is 18.4 Å². The quantitative estimate of drug-likeness (QED) is 0.824. The molecule has 2 N–H and O–H groups in total. The number of aryl methyl sites for hydroxylation is 1. The summed E-state index contributed by atoms with van der Waals surface area (Å²) in [4.78, 5) is 11.3. The predicted molar refractivity (Wildman–Crippen MR) is 66.8 cm³/mol. The number of carbonyl (C=O) groups is 1. The molecule has 1 aromatic carbocycles. The molecule has 0 aliphatic carbocycles. The molecule has 3 heteroatoms. The number of hydrogen-bond donors (Lipinski definition) is 2. The summed E-state index contributed by atoms with van der Waals surface area (Å²) in [5.41, 5.74) is 1.23. The van der Waals surface area contributed by atoms with Crippen molar-refractivity contribution in [1.82, 2.24) is 5.32 Å². The summed E-state index contributed by atoms with van der Waals surface area (Å²) < 4.78 is 0. The molecule has 1 aliphatic heterocycles.